The first-order chi connectivity index (χ1) is 10.3. The van der Waals surface area contributed by atoms with E-state index in [0.717, 1.165) is 11.2 Å². The van der Waals surface area contributed by atoms with Gasteiger partial charge in [-0.05, 0) is 5.56 Å². The molecule has 0 amide bonds. The lowest BCUT2D eigenvalue weighted by molar-refractivity contribution is 0.727. The predicted molar refractivity (Wildman–Crippen MR) is 79.3 cm³/mol. The summed E-state index contributed by atoms with van der Waals surface area (Å²) < 4.78 is 5.29. The highest BCUT2D eigenvalue weighted by Gasteiger charge is 2.15. The molecule has 3 heterocycles. The fourth-order valence-electron chi connectivity index (χ4n) is 2.69. The van der Waals surface area contributed by atoms with E-state index in [1.54, 1.807) is 27.7 Å². The van der Waals surface area contributed by atoms with Crippen molar-refractivity contribution in [3.63, 3.8) is 0 Å². The van der Waals surface area contributed by atoms with Gasteiger partial charge in [0.05, 0.1) is 12.7 Å². The molecule has 0 bridgehead atoms. The number of hydrogen-bond acceptors (Lipinski definition) is 3. The normalized spacial score (nSPS) is 11.5. The van der Waals surface area contributed by atoms with Gasteiger partial charge in [-0.2, -0.15) is 5.10 Å². The molecular formula is C15H13N5O. The van der Waals surface area contributed by atoms with Crippen molar-refractivity contribution in [2.24, 2.45) is 7.05 Å². The van der Waals surface area contributed by atoms with Gasteiger partial charge in [0.25, 0.3) is 5.56 Å². The summed E-state index contributed by atoms with van der Waals surface area (Å²) in [5.74, 6) is 0.625. The van der Waals surface area contributed by atoms with Gasteiger partial charge in [-0.3, -0.25) is 18.4 Å². The van der Waals surface area contributed by atoms with Crippen molar-refractivity contribution in [2.45, 2.75) is 6.54 Å². The van der Waals surface area contributed by atoms with Crippen LogP contribution < -0.4 is 5.56 Å². The molecule has 0 atom stereocenters. The summed E-state index contributed by atoms with van der Waals surface area (Å²) in [5.41, 5.74) is 1.84. The second-order valence-corrected chi connectivity index (χ2v) is 4.98. The van der Waals surface area contributed by atoms with Crippen molar-refractivity contribution >= 4 is 16.8 Å². The Kier molecular flexibility index (Phi) is 2.44. The molecule has 0 aliphatic carbocycles. The van der Waals surface area contributed by atoms with Gasteiger partial charge in [-0.1, -0.05) is 30.3 Å². The molecule has 4 rings (SSSR count). The summed E-state index contributed by atoms with van der Waals surface area (Å²) >= 11 is 0. The van der Waals surface area contributed by atoms with E-state index in [1.807, 2.05) is 29.8 Å². The van der Waals surface area contributed by atoms with Gasteiger partial charge in [0.1, 0.15) is 11.0 Å². The average molecular weight is 279 g/mol. The molecule has 1 aromatic carbocycles. The van der Waals surface area contributed by atoms with Crippen molar-refractivity contribution in [3.05, 3.63) is 64.8 Å². The summed E-state index contributed by atoms with van der Waals surface area (Å²) in [6.07, 6.45) is 4.94. The minimum Gasteiger partial charge on any atom is -0.291 e. The summed E-state index contributed by atoms with van der Waals surface area (Å²) in [7, 11) is 1.84. The van der Waals surface area contributed by atoms with E-state index >= 15 is 0 Å². The maximum absolute atomic E-state index is 12.4. The molecule has 0 fully saturated rings. The Balaban J connectivity index is 2.09. The lowest BCUT2D eigenvalue weighted by atomic mass is 10.2. The molecule has 0 radical (unpaired) electrons. The Labute approximate surface area is 119 Å². The van der Waals surface area contributed by atoms with Crippen LogP contribution in [0, 0.1) is 0 Å². The van der Waals surface area contributed by atoms with E-state index < -0.39 is 0 Å². The van der Waals surface area contributed by atoms with Crippen LogP contribution in [-0.2, 0) is 13.6 Å². The smallest absolute Gasteiger partial charge is 0.270 e. The maximum Gasteiger partial charge on any atom is 0.270 e. The molecule has 104 valence electrons. The fraction of sp³-hybridized carbons (Fsp3) is 0.133. The van der Waals surface area contributed by atoms with E-state index in [2.05, 4.69) is 22.2 Å². The maximum atomic E-state index is 12.4. The van der Waals surface area contributed by atoms with Crippen LogP contribution in [-0.4, -0.2) is 23.7 Å². The van der Waals surface area contributed by atoms with Crippen molar-refractivity contribution < 1.29 is 0 Å². The molecule has 0 saturated heterocycles. The Morgan fingerprint density at radius 1 is 1.19 bits per heavy atom. The zero-order valence-corrected chi connectivity index (χ0v) is 11.5. The number of aromatic nitrogens is 5. The number of nitrogens with zero attached hydrogens (tertiary/aromatic N) is 5. The second kappa shape index (κ2) is 4.31. The number of aryl methyl sites for hydroxylation is 1. The molecule has 0 saturated carbocycles. The Morgan fingerprint density at radius 3 is 2.81 bits per heavy atom. The third-order valence-corrected chi connectivity index (χ3v) is 3.66. The summed E-state index contributed by atoms with van der Waals surface area (Å²) in [4.78, 5) is 16.8. The second-order valence-electron chi connectivity index (χ2n) is 4.98. The highest BCUT2D eigenvalue weighted by molar-refractivity contribution is 5.76. The first kappa shape index (κ1) is 11.9. The van der Waals surface area contributed by atoms with Crippen LogP contribution in [0.4, 0.5) is 0 Å². The zero-order valence-electron chi connectivity index (χ0n) is 11.5. The van der Waals surface area contributed by atoms with Crippen molar-refractivity contribution in [3.8, 4) is 0 Å². The predicted octanol–water partition coefficient (Wildman–Crippen LogP) is 1.43. The number of rotatable bonds is 2. The summed E-state index contributed by atoms with van der Waals surface area (Å²) in [5, 5.41) is 4.81. The van der Waals surface area contributed by atoms with Crippen LogP contribution in [0.15, 0.2) is 53.7 Å². The van der Waals surface area contributed by atoms with Crippen LogP contribution in [0.25, 0.3) is 16.8 Å². The molecule has 0 unspecified atom stereocenters. The number of hydrogen-bond donors (Lipinski definition) is 0. The van der Waals surface area contributed by atoms with Gasteiger partial charge in [-0.15, -0.1) is 0 Å². The Bertz CT molecular complexity index is 993. The molecule has 6 nitrogen and oxygen atoms in total. The van der Waals surface area contributed by atoms with Crippen LogP contribution in [0.1, 0.15) is 5.56 Å². The zero-order chi connectivity index (χ0) is 14.4. The largest absolute Gasteiger partial charge is 0.291 e. The minimum absolute atomic E-state index is 0.0880. The van der Waals surface area contributed by atoms with Crippen LogP contribution >= 0.6 is 0 Å². The van der Waals surface area contributed by atoms with E-state index in [-0.39, 0.29) is 5.56 Å². The number of imidazole rings is 1. The van der Waals surface area contributed by atoms with Crippen molar-refractivity contribution in [1.82, 2.24) is 23.7 Å². The van der Waals surface area contributed by atoms with Crippen molar-refractivity contribution in [1.29, 1.82) is 0 Å². The number of fused-ring (bicyclic) bond motifs is 2. The van der Waals surface area contributed by atoms with Crippen LogP contribution in [0.5, 0.6) is 0 Å². The van der Waals surface area contributed by atoms with Crippen molar-refractivity contribution in [2.75, 3.05) is 0 Å². The Morgan fingerprint density at radius 2 is 2.00 bits per heavy atom. The average Bonchev–Trinajstić information content (AvgIpc) is 3.12. The summed E-state index contributed by atoms with van der Waals surface area (Å²) in [6, 6.07) is 10.1. The Hall–Kier alpha value is -2.89. The topological polar surface area (TPSA) is 57.1 Å². The molecule has 3 aromatic heterocycles. The van der Waals surface area contributed by atoms with Gasteiger partial charge in [-0.25, -0.2) is 4.98 Å². The van der Waals surface area contributed by atoms with E-state index in [1.165, 1.54) is 0 Å². The van der Waals surface area contributed by atoms with E-state index in [4.69, 9.17) is 0 Å². The molecule has 0 spiro atoms. The summed E-state index contributed by atoms with van der Waals surface area (Å²) in [6.45, 7) is 0.637. The molecule has 0 aliphatic rings. The SMILES string of the molecule is Cn1ncc2c(=O)n3ccnc3n(Cc3ccccc3)c21. The molecule has 6 heteroatoms. The highest BCUT2D eigenvalue weighted by atomic mass is 16.1. The van der Waals surface area contributed by atoms with E-state index in [0.29, 0.717) is 17.7 Å². The van der Waals surface area contributed by atoms with Gasteiger partial charge in [0.15, 0.2) is 0 Å². The highest BCUT2D eigenvalue weighted by Crippen LogP contribution is 2.14. The van der Waals surface area contributed by atoms with Gasteiger partial charge < -0.3 is 0 Å². The molecule has 4 aromatic rings. The first-order valence-electron chi connectivity index (χ1n) is 6.67. The molecule has 0 N–H and O–H groups in total. The standard InChI is InChI=1S/C15H13N5O/c1-18-13-12(9-17-18)14(21)19-8-7-16-15(19)20(13)10-11-5-3-2-4-6-11/h2-9H,10H2,1H3. The third-order valence-electron chi connectivity index (χ3n) is 3.66. The molecule has 21 heavy (non-hydrogen) atoms. The quantitative estimate of drug-likeness (QED) is 0.558. The van der Waals surface area contributed by atoms with Gasteiger partial charge in [0, 0.05) is 19.4 Å². The van der Waals surface area contributed by atoms with Crippen LogP contribution in [0.3, 0.4) is 0 Å². The third kappa shape index (κ3) is 1.69. The van der Waals surface area contributed by atoms with E-state index in [9.17, 15) is 4.79 Å². The van der Waals surface area contributed by atoms with Crippen LogP contribution in [0.2, 0.25) is 0 Å². The molecular weight excluding hydrogens is 266 g/mol. The number of benzene rings is 1. The lowest BCUT2D eigenvalue weighted by Crippen LogP contribution is -2.19. The fourth-order valence-corrected chi connectivity index (χ4v) is 2.69. The first-order valence-corrected chi connectivity index (χ1v) is 6.67. The van der Waals surface area contributed by atoms with Gasteiger partial charge in [0.2, 0.25) is 5.78 Å². The van der Waals surface area contributed by atoms with Gasteiger partial charge >= 0.3 is 0 Å². The lowest BCUT2D eigenvalue weighted by Gasteiger charge is -2.11. The monoisotopic (exact) mass is 279 g/mol. The minimum atomic E-state index is -0.0880. The molecule has 0 aliphatic heterocycles.